The Kier molecular flexibility index (Phi) is 3.98. The van der Waals surface area contributed by atoms with Crippen molar-refractivity contribution in [3.63, 3.8) is 0 Å². The van der Waals surface area contributed by atoms with Crippen LogP contribution in [0.15, 0.2) is 18.2 Å². The van der Waals surface area contributed by atoms with Gasteiger partial charge in [0.25, 0.3) is 0 Å². The number of halogens is 1. The zero-order valence-corrected chi connectivity index (χ0v) is 9.26. The molecule has 0 N–H and O–H groups in total. The first-order valence-electron chi connectivity index (χ1n) is 4.40. The molecule has 68 valence electrons. The Bertz CT molecular complexity index is 325. The SMILES string of the molecule is CCc1cccc(C#N)c1CCBr. The van der Waals surface area contributed by atoms with Crippen molar-refractivity contribution < 1.29 is 0 Å². The zero-order chi connectivity index (χ0) is 9.68. The maximum atomic E-state index is 8.90. The first-order valence-corrected chi connectivity index (χ1v) is 5.52. The summed E-state index contributed by atoms with van der Waals surface area (Å²) in [6.45, 7) is 2.12. The van der Waals surface area contributed by atoms with Crippen molar-refractivity contribution >= 4 is 15.9 Å². The van der Waals surface area contributed by atoms with Gasteiger partial charge >= 0.3 is 0 Å². The first kappa shape index (κ1) is 10.3. The van der Waals surface area contributed by atoms with Crippen LogP contribution >= 0.6 is 15.9 Å². The second-order valence-electron chi connectivity index (χ2n) is 2.85. The van der Waals surface area contributed by atoms with Gasteiger partial charge < -0.3 is 0 Å². The maximum absolute atomic E-state index is 8.90. The smallest absolute Gasteiger partial charge is 0.0994 e. The summed E-state index contributed by atoms with van der Waals surface area (Å²) in [6.07, 6.45) is 1.94. The molecule has 0 heterocycles. The summed E-state index contributed by atoms with van der Waals surface area (Å²) in [5.74, 6) is 0. The molecule has 1 aromatic rings. The van der Waals surface area contributed by atoms with Gasteiger partial charge in [0.15, 0.2) is 0 Å². The van der Waals surface area contributed by atoms with E-state index in [0.29, 0.717) is 0 Å². The summed E-state index contributed by atoms with van der Waals surface area (Å²) >= 11 is 3.40. The lowest BCUT2D eigenvalue weighted by Gasteiger charge is -2.07. The molecule has 2 heteroatoms. The van der Waals surface area contributed by atoms with E-state index in [1.54, 1.807) is 0 Å². The highest BCUT2D eigenvalue weighted by atomic mass is 79.9. The molecule has 0 fully saturated rings. The Morgan fingerprint density at radius 3 is 2.77 bits per heavy atom. The van der Waals surface area contributed by atoms with E-state index in [4.69, 9.17) is 5.26 Å². The minimum atomic E-state index is 0.818. The fraction of sp³-hybridized carbons (Fsp3) is 0.364. The number of nitriles is 1. The third-order valence-corrected chi connectivity index (χ3v) is 2.52. The second-order valence-corrected chi connectivity index (χ2v) is 3.64. The van der Waals surface area contributed by atoms with Gasteiger partial charge in [0.1, 0.15) is 0 Å². The van der Waals surface area contributed by atoms with Crippen molar-refractivity contribution in [1.29, 1.82) is 5.26 Å². The number of nitrogens with zero attached hydrogens (tertiary/aromatic N) is 1. The Morgan fingerprint density at radius 1 is 1.46 bits per heavy atom. The number of rotatable bonds is 3. The summed E-state index contributed by atoms with van der Waals surface area (Å²) in [5, 5.41) is 9.82. The molecule has 0 aliphatic rings. The largest absolute Gasteiger partial charge is 0.192 e. The summed E-state index contributed by atoms with van der Waals surface area (Å²) in [5.41, 5.74) is 3.31. The molecule has 0 aromatic heterocycles. The van der Waals surface area contributed by atoms with Crippen LogP contribution < -0.4 is 0 Å². The third kappa shape index (κ3) is 2.32. The Balaban J connectivity index is 3.15. The van der Waals surface area contributed by atoms with Crippen LogP contribution in [-0.4, -0.2) is 5.33 Å². The van der Waals surface area contributed by atoms with Crippen molar-refractivity contribution in [2.45, 2.75) is 19.8 Å². The number of alkyl halides is 1. The van der Waals surface area contributed by atoms with Gasteiger partial charge in [-0.3, -0.25) is 0 Å². The van der Waals surface area contributed by atoms with Gasteiger partial charge in [0, 0.05) is 5.33 Å². The van der Waals surface area contributed by atoms with E-state index < -0.39 is 0 Å². The standard InChI is InChI=1S/C11H12BrN/c1-2-9-4-3-5-10(8-13)11(9)6-7-12/h3-5H,2,6-7H2,1H3. The van der Waals surface area contributed by atoms with E-state index in [2.05, 4.69) is 35.0 Å². The second kappa shape index (κ2) is 5.04. The summed E-state index contributed by atoms with van der Waals surface area (Å²) < 4.78 is 0. The van der Waals surface area contributed by atoms with Crippen molar-refractivity contribution in [3.8, 4) is 6.07 Å². The number of aryl methyl sites for hydroxylation is 1. The quantitative estimate of drug-likeness (QED) is 0.742. The maximum Gasteiger partial charge on any atom is 0.0994 e. The molecule has 0 saturated heterocycles. The van der Waals surface area contributed by atoms with Gasteiger partial charge in [-0.05, 0) is 30.0 Å². The first-order chi connectivity index (χ1) is 6.33. The van der Waals surface area contributed by atoms with Crippen molar-refractivity contribution in [2.24, 2.45) is 0 Å². The Labute approximate surface area is 87.5 Å². The minimum Gasteiger partial charge on any atom is -0.192 e. The number of hydrogen-bond donors (Lipinski definition) is 0. The molecule has 1 rings (SSSR count). The lowest BCUT2D eigenvalue weighted by atomic mass is 9.98. The average Bonchev–Trinajstić information content (AvgIpc) is 2.18. The topological polar surface area (TPSA) is 23.8 Å². The zero-order valence-electron chi connectivity index (χ0n) is 7.68. The van der Waals surface area contributed by atoms with Crippen LogP contribution in [0.25, 0.3) is 0 Å². The third-order valence-electron chi connectivity index (χ3n) is 2.12. The monoisotopic (exact) mass is 237 g/mol. The molecule has 0 aliphatic heterocycles. The normalized spacial score (nSPS) is 9.62. The highest BCUT2D eigenvalue weighted by Gasteiger charge is 2.05. The van der Waals surface area contributed by atoms with Crippen LogP contribution in [0.1, 0.15) is 23.6 Å². The lowest BCUT2D eigenvalue weighted by molar-refractivity contribution is 1.04. The van der Waals surface area contributed by atoms with Crippen molar-refractivity contribution in [2.75, 3.05) is 5.33 Å². The van der Waals surface area contributed by atoms with Gasteiger partial charge in [-0.1, -0.05) is 35.0 Å². The van der Waals surface area contributed by atoms with Gasteiger partial charge in [-0.25, -0.2) is 0 Å². The van der Waals surface area contributed by atoms with Gasteiger partial charge in [-0.2, -0.15) is 5.26 Å². The molecular formula is C11H12BrN. The fourth-order valence-electron chi connectivity index (χ4n) is 1.46. The Morgan fingerprint density at radius 2 is 2.23 bits per heavy atom. The molecule has 0 bridgehead atoms. The fourth-order valence-corrected chi connectivity index (χ4v) is 1.86. The van der Waals surface area contributed by atoms with Crippen molar-refractivity contribution in [3.05, 3.63) is 34.9 Å². The van der Waals surface area contributed by atoms with Crippen LogP contribution in [-0.2, 0) is 12.8 Å². The van der Waals surface area contributed by atoms with Gasteiger partial charge in [-0.15, -0.1) is 0 Å². The van der Waals surface area contributed by atoms with E-state index in [0.717, 1.165) is 23.7 Å². The van der Waals surface area contributed by atoms with Gasteiger partial charge in [0.2, 0.25) is 0 Å². The van der Waals surface area contributed by atoms with E-state index >= 15 is 0 Å². The van der Waals surface area contributed by atoms with E-state index in [1.165, 1.54) is 11.1 Å². The molecule has 0 unspecified atom stereocenters. The van der Waals surface area contributed by atoms with Crippen LogP contribution in [0.3, 0.4) is 0 Å². The van der Waals surface area contributed by atoms with Crippen LogP contribution in [0.2, 0.25) is 0 Å². The Hall–Kier alpha value is -0.810. The lowest BCUT2D eigenvalue weighted by Crippen LogP contribution is -1.97. The van der Waals surface area contributed by atoms with Crippen LogP contribution in [0.5, 0.6) is 0 Å². The van der Waals surface area contributed by atoms with E-state index in [9.17, 15) is 0 Å². The predicted octanol–water partition coefficient (Wildman–Crippen LogP) is 3.06. The molecule has 0 aliphatic carbocycles. The summed E-state index contributed by atoms with van der Waals surface area (Å²) in [7, 11) is 0. The molecule has 0 spiro atoms. The van der Waals surface area contributed by atoms with Gasteiger partial charge in [0.05, 0.1) is 11.6 Å². The summed E-state index contributed by atoms with van der Waals surface area (Å²) in [6, 6.07) is 8.17. The molecule has 1 nitrogen and oxygen atoms in total. The van der Waals surface area contributed by atoms with Crippen molar-refractivity contribution in [1.82, 2.24) is 0 Å². The van der Waals surface area contributed by atoms with E-state index in [-0.39, 0.29) is 0 Å². The predicted molar refractivity (Wildman–Crippen MR) is 58.0 cm³/mol. The molecule has 0 radical (unpaired) electrons. The van der Waals surface area contributed by atoms with Crippen LogP contribution in [0, 0.1) is 11.3 Å². The summed E-state index contributed by atoms with van der Waals surface area (Å²) in [4.78, 5) is 0. The molecular weight excluding hydrogens is 226 g/mol. The average molecular weight is 238 g/mol. The molecule has 0 atom stereocenters. The minimum absolute atomic E-state index is 0.818. The molecule has 0 saturated carbocycles. The highest BCUT2D eigenvalue weighted by Crippen LogP contribution is 2.16. The number of hydrogen-bond acceptors (Lipinski definition) is 1. The van der Waals surface area contributed by atoms with Crippen LogP contribution in [0.4, 0.5) is 0 Å². The molecule has 1 aromatic carbocycles. The highest BCUT2D eigenvalue weighted by molar-refractivity contribution is 9.09. The number of benzene rings is 1. The van der Waals surface area contributed by atoms with E-state index in [1.807, 2.05) is 12.1 Å². The molecule has 0 amide bonds. The molecule has 13 heavy (non-hydrogen) atoms.